The fourth-order valence-corrected chi connectivity index (χ4v) is 4.15. The minimum Gasteiger partial charge on any atom is -0.340 e. The number of nitrogens with zero attached hydrogens (tertiary/aromatic N) is 2. The standard InChI is InChI=1S/C16H27N3OS/c1-11-13(15(20)19(4)10-16(2,3)9-17)21-14(18-11)12-7-5-6-8-12/h12H,5-10,17H2,1-4H3. The maximum absolute atomic E-state index is 12.6. The number of thiazole rings is 1. The van der Waals surface area contributed by atoms with Crippen LogP contribution in [0.4, 0.5) is 0 Å². The lowest BCUT2D eigenvalue weighted by Crippen LogP contribution is -2.39. The van der Waals surface area contributed by atoms with Gasteiger partial charge in [-0.15, -0.1) is 11.3 Å². The molecule has 2 N–H and O–H groups in total. The van der Waals surface area contributed by atoms with Crippen molar-refractivity contribution in [1.29, 1.82) is 0 Å². The van der Waals surface area contributed by atoms with Gasteiger partial charge in [0.15, 0.2) is 0 Å². The second-order valence-electron chi connectivity index (χ2n) is 6.98. The van der Waals surface area contributed by atoms with Crippen molar-refractivity contribution in [2.24, 2.45) is 11.1 Å². The molecule has 0 aliphatic heterocycles. The van der Waals surface area contributed by atoms with Gasteiger partial charge >= 0.3 is 0 Å². The molecule has 1 aromatic heterocycles. The van der Waals surface area contributed by atoms with Crippen LogP contribution in [0.25, 0.3) is 0 Å². The third-order valence-electron chi connectivity index (χ3n) is 4.28. The first kappa shape index (κ1) is 16.4. The van der Waals surface area contributed by atoms with E-state index in [0.717, 1.165) is 15.6 Å². The van der Waals surface area contributed by atoms with Crippen molar-refractivity contribution in [3.8, 4) is 0 Å². The molecule has 1 amide bonds. The summed E-state index contributed by atoms with van der Waals surface area (Å²) in [5.74, 6) is 0.650. The van der Waals surface area contributed by atoms with Gasteiger partial charge in [0.1, 0.15) is 4.88 Å². The van der Waals surface area contributed by atoms with Gasteiger partial charge in [-0.05, 0) is 31.7 Å². The molecule has 118 valence electrons. The number of rotatable bonds is 5. The second kappa shape index (κ2) is 6.44. The minimum absolute atomic E-state index is 0.0582. The summed E-state index contributed by atoms with van der Waals surface area (Å²) in [4.78, 5) is 19.9. The first-order valence-electron chi connectivity index (χ1n) is 7.77. The third kappa shape index (κ3) is 3.83. The molecule has 5 heteroatoms. The Labute approximate surface area is 131 Å². The van der Waals surface area contributed by atoms with Gasteiger partial charge in [-0.1, -0.05) is 26.7 Å². The van der Waals surface area contributed by atoms with Crippen LogP contribution in [0.1, 0.15) is 65.8 Å². The molecule has 1 aliphatic rings. The van der Waals surface area contributed by atoms with Crippen molar-refractivity contribution in [2.75, 3.05) is 20.1 Å². The molecule has 0 saturated heterocycles. The fourth-order valence-electron chi connectivity index (χ4n) is 2.91. The smallest absolute Gasteiger partial charge is 0.265 e. The van der Waals surface area contributed by atoms with Crippen LogP contribution in [-0.2, 0) is 0 Å². The molecule has 2 rings (SSSR count). The number of hydrogen-bond acceptors (Lipinski definition) is 4. The van der Waals surface area contributed by atoms with E-state index in [1.807, 2.05) is 14.0 Å². The molecule has 21 heavy (non-hydrogen) atoms. The van der Waals surface area contributed by atoms with Gasteiger partial charge in [0.2, 0.25) is 0 Å². The SMILES string of the molecule is Cc1nc(C2CCCC2)sc1C(=O)N(C)CC(C)(C)CN. The average Bonchev–Trinajstić information content (AvgIpc) is 3.06. The normalized spacial score (nSPS) is 16.4. The molecule has 1 aliphatic carbocycles. The van der Waals surface area contributed by atoms with E-state index < -0.39 is 0 Å². The van der Waals surface area contributed by atoms with Crippen molar-refractivity contribution in [1.82, 2.24) is 9.88 Å². The molecular formula is C16H27N3OS. The van der Waals surface area contributed by atoms with E-state index in [1.54, 1.807) is 16.2 Å². The molecule has 0 radical (unpaired) electrons. The summed E-state index contributed by atoms with van der Waals surface area (Å²) in [6.07, 6.45) is 5.02. The number of nitrogens with two attached hydrogens (primary N) is 1. The van der Waals surface area contributed by atoms with Crippen LogP contribution < -0.4 is 5.73 Å². The van der Waals surface area contributed by atoms with Crippen LogP contribution in [0.2, 0.25) is 0 Å². The van der Waals surface area contributed by atoms with Crippen molar-refractivity contribution in [3.63, 3.8) is 0 Å². The van der Waals surface area contributed by atoms with Crippen LogP contribution in [0, 0.1) is 12.3 Å². The largest absolute Gasteiger partial charge is 0.340 e. The monoisotopic (exact) mass is 309 g/mol. The van der Waals surface area contributed by atoms with Crippen LogP contribution in [-0.4, -0.2) is 35.9 Å². The fraction of sp³-hybridized carbons (Fsp3) is 0.750. The Balaban J connectivity index is 2.11. The highest BCUT2D eigenvalue weighted by molar-refractivity contribution is 7.13. The Bertz CT molecular complexity index is 504. The topological polar surface area (TPSA) is 59.2 Å². The number of hydrogen-bond donors (Lipinski definition) is 1. The maximum atomic E-state index is 12.6. The second-order valence-corrected chi connectivity index (χ2v) is 8.01. The van der Waals surface area contributed by atoms with E-state index in [-0.39, 0.29) is 11.3 Å². The molecule has 1 fully saturated rings. The van der Waals surface area contributed by atoms with Crippen LogP contribution in [0.3, 0.4) is 0 Å². The van der Waals surface area contributed by atoms with Crippen molar-refractivity contribution in [2.45, 2.75) is 52.4 Å². The molecule has 0 atom stereocenters. The zero-order valence-electron chi connectivity index (χ0n) is 13.6. The highest BCUT2D eigenvalue weighted by Gasteiger charge is 2.27. The number of amides is 1. The molecule has 0 bridgehead atoms. The molecule has 1 saturated carbocycles. The highest BCUT2D eigenvalue weighted by atomic mass is 32.1. The molecule has 1 heterocycles. The van der Waals surface area contributed by atoms with E-state index in [0.29, 0.717) is 19.0 Å². The van der Waals surface area contributed by atoms with Gasteiger partial charge in [-0.2, -0.15) is 0 Å². The van der Waals surface area contributed by atoms with Gasteiger partial charge in [-0.25, -0.2) is 4.98 Å². The Morgan fingerprint density at radius 3 is 2.62 bits per heavy atom. The average molecular weight is 309 g/mol. The van der Waals surface area contributed by atoms with Crippen LogP contribution >= 0.6 is 11.3 Å². The Hall–Kier alpha value is -0.940. The van der Waals surface area contributed by atoms with E-state index in [2.05, 4.69) is 18.8 Å². The Morgan fingerprint density at radius 2 is 2.05 bits per heavy atom. The lowest BCUT2D eigenvalue weighted by atomic mass is 9.93. The van der Waals surface area contributed by atoms with Gasteiger partial charge < -0.3 is 10.6 Å². The van der Waals surface area contributed by atoms with Crippen molar-refractivity contribution < 1.29 is 4.79 Å². The van der Waals surface area contributed by atoms with E-state index in [4.69, 9.17) is 5.73 Å². The summed E-state index contributed by atoms with van der Waals surface area (Å²) in [5, 5.41) is 1.15. The lowest BCUT2D eigenvalue weighted by Gasteiger charge is -2.28. The van der Waals surface area contributed by atoms with Crippen LogP contribution in [0.15, 0.2) is 0 Å². The summed E-state index contributed by atoms with van der Waals surface area (Å²) >= 11 is 1.59. The summed E-state index contributed by atoms with van der Waals surface area (Å²) in [6, 6.07) is 0. The molecule has 4 nitrogen and oxygen atoms in total. The summed E-state index contributed by atoms with van der Waals surface area (Å²) < 4.78 is 0. The predicted octanol–water partition coefficient (Wildman–Crippen LogP) is 3.17. The summed E-state index contributed by atoms with van der Waals surface area (Å²) in [5.41, 5.74) is 6.58. The summed E-state index contributed by atoms with van der Waals surface area (Å²) in [6.45, 7) is 7.35. The van der Waals surface area contributed by atoms with Crippen molar-refractivity contribution >= 4 is 17.2 Å². The lowest BCUT2D eigenvalue weighted by molar-refractivity contribution is 0.0744. The molecule has 0 unspecified atom stereocenters. The first-order chi connectivity index (χ1) is 9.84. The van der Waals surface area contributed by atoms with Gasteiger partial charge in [-0.3, -0.25) is 4.79 Å². The number of carbonyl (C=O) groups is 1. The first-order valence-corrected chi connectivity index (χ1v) is 8.58. The molecule has 0 spiro atoms. The maximum Gasteiger partial charge on any atom is 0.265 e. The van der Waals surface area contributed by atoms with Crippen molar-refractivity contribution in [3.05, 3.63) is 15.6 Å². The molecular weight excluding hydrogens is 282 g/mol. The minimum atomic E-state index is -0.0582. The quantitative estimate of drug-likeness (QED) is 0.909. The van der Waals surface area contributed by atoms with Gasteiger partial charge in [0.25, 0.3) is 5.91 Å². The molecule has 1 aromatic rings. The zero-order chi connectivity index (χ0) is 15.6. The van der Waals surface area contributed by atoms with Gasteiger partial charge in [0, 0.05) is 19.5 Å². The zero-order valence-corrected chi connectivity index (χ0v) is 14.4. The molecule has 0 aromatic carbocycles. The Morgan fingerprint density at radius 1 is 1.43 bits per heavy atom. The van der Waals surface area contributed by atoms with E-state index >= 15 is 0 Å². The Kier molecular flexibility index (Phi) is 5.04. The summed E-state index contributed by atoms with van der Waals surface area (Å²) in [7, 11) is 1.86. The van der Waals surface area contributed by atoms with E-state index in [9.17, 15) is 4.79 Å². The number of aryl methyl sites for hydroxylation is 1. The highest BCUT2D eigenvalue weighted by Crippen LogP contribution is 2.37. The van der Waals surface area contributed by atoms with Crippen LogP contribution in [0.5, 0.6) is 0 Å². The predicted molar refractivity (Wildman–Crippen MR) is 87.9 cm³/mol. The van der Waals surface area contributed by atoms with E-state index in [1.165, 1.54) is 25.7 Å². The number of aromatic nitrogens is 1. The van der Waals surface area contributed by atoms with Gasteiger partial charge in [0.05, 0.1) is 10.7 Å². The third-order valence-corrected chi connectivity index (χ3v) is 5.58. The number of carbonyl (C=O) groups excluding carboxylic acids is 1.